The zero-order chi connectivity index (χ0) is 24.9. The summed E-state index contributed by atoms with van der Waals surface area (Å²) in [7, 11) is -3.99. The third kappa shape index (κ3) is 6.21. The summed E-state index contributed by atoms with van der Waals surface area (Å²) >= 11 is 0. The summed E-state index contributed by atoms with van der Waals surface area (Å²) in [5.74, 6) is -2.04. The quantitative estimate of drug-likeness (QED) is 0.397. The van der Waals surface area contributed by atoms with Gasteiger partial charge in [0.15, 0.2) is 0 Å². The minimum absolute atomic E-state index is 0.0216. The molecule has 3 rings (SSSR count). The number of rotatable bonds is 10. The lowest BCUT2D eigenvalue weighted by Gasteiger charge is -2.18. The first-order chi connectivity index (χ1) is 16.1. The van der Waals surface area contributed by atoms with E-state index in [1.54, 1.807) is 56.3 Å². The van der Waals surface area contributed by atoms with Crippen LogP contribution in [0.4, 0.5) is 0 Å². The summed E-state index contributed by atoms with van der Waals surface area (Å²) in [6.45, 7) is 3.48. The van der Waals surface area contributed by atoms with Gasteiger partial charge in [-0.15, -0.1) is 0 Å². The van der Waals surface area contributed by atoms with Gasteiger partial charge in [-0.05, 0) is 59.0 Å². The number of carboxylic acids is 2. The number of aliphatic carboxylic acids is 1. The molecule has 0 amide bonds. The van der Waals surface area contributed by atoms with E-state index in [-0.39, 0.29) is 17.1 Å². The molecular formula is C25H25NO7S. The van der Waals surface area contributed by atoms with E-state index in [0.717, 1.165) is 16.7 Å². The number of hydrogen-bond acceptors (Lipinski definition) is 5. The highest BCUT2D eigenvalue weighted by atomic mass is 32.2. The average Bonchev–Trinajstić information content (AvgIpc) is 2.81. The van der Waals surface area contributed by atoms with Crippen LogP contribution >= 0.6 is 0 Å². The molecule has 3 aromatic rings. The predicted octanol–water partition coefficient (Wildman–Crippen LogP) is 4.02. The zero-order valence-corrected chi connectivity index (χ0v) is 19.5. The Morgan fingerprint density at radius 2 is 1.50 bits per heavy atom. The summed E-state index contributed by atoms with van der Waals surface area (Å²) in [6.07, 6.45) is 0. The highest BCUT2D eigenvalue weighted by Gasteiger charge is 2.27. The van der Waals surface area contributed by atoms with Crippen LogP contribution in [0, 0.1) is 5.92 Å². The van der Waals surface area contributed by atoms with Crippen LogP contribution in [-0.4, -0.2) is 36.6 Å². The van der Waals surface area contributed by atoms with Crippen LogP contribution < -0.4 is 9.46 Å². The fraction of sp³-hybridized carbons (Fsp3) is 0.200. The molecule has 0 aliphatic carbocycles. The Bertz CT molecular complexity index is 1270. The van der Waals surface area contributed by atoms with E-state index in [9.17, 15) is 23.1 Å². The van der Waals surface area contributed by atoms with Gasteiger partial charge in [0.1, 0.15) is 18.4 Å². The predicted molar refractivity (Wildman–Crippen MR) is 126 cm³/mol. The Balaban J connectivity index is 1.67. The summed E-state index contributed by atoms with van der Waals surface area (Å²) in [6, 6.07) is 18.6. The third-order valence-corrected chi connectivity index (χ3v) is 6.60. The number of nitrogens with one attached hydrogen (secondary N) is 1. The van der Waals surface area contributed by atoms with Gasteiger partial charge in [-0.2, -0.15) is 4.72 Å². The Hall–Kier alpha value is -3.69. The maximum Gasteiger partial charge on any atom is 0.335 e. The molecule has 0 bridgehead atoms. The number of benzene rings is 3. The van der Waals surface area contributed by atoms with Gasteiger partial charge in [0.05, 0.1) is 10.5 Å². The number of carbonyl (C=O) groups is 2. The number of aromatic carboxylic acids is 1. The van der Waals surface area contributed by atoms with Gasteiger partial charge in [-0.25, -0.2) is 13.2 Å². The fourth-order valence-corrected chi connectivity index (χ4v) is 4.58. The molecule has 0 radical (unpaired) electrons. The molecule has 34 heavy (non-hydrogen) atoms. The summed E-state index contributed by atoms with van der Waals surface area (Å²) < 4.78 is 33.1. The van der Waals surface area contributed by atoms with Gasteiger partial charge < -0.3 is 14.9 Å². The van der Waals surface area contributed by atoms with Crippen molar-refractivity contribution in [3.8, 4) is 16.9 Å². The zero-order valence-electron chi connectivity index (χ0n) is 18.6. The van der Waals surface area contributed by atoms with Gasteiger partial charge in [0, 0.05) is 0 Å². The summed E-state index contributed by atoms with van der Waals surface area (Å²) in [4.78, 5) is 22.4. The molecule has 0 aromatic heterocycles. The largest absolute Gasteiger partial charge is 0.489 e. The highest BCUT2D eigenvalue weighted by molar-refractivity contribution is 7.89. The molecular weight excluding hydrogens is 458 g/mol. The van der Waals surface area contributed by atoms with Crippen molar-refractivity contribution in [2.45, 2.75) is 31.4 Å². The first kappa shape index (κ1) is 24.9. The van der Waals surface area contributed by atoms with E-state index in [2.05, 4.69) is 4.72 Å². The van der Waals surface area contributed by atoms with E-state index in [4.69, 9.17) is 9.84 Å². The molecule has 3 aromatic carbocycles. The molecule has 0 fully saturated rings. The van der Waals surface area contributed by atoms with Crippen LogP contribution in [-0.2, 0) is 21.4 Å². The van der Waals surface area contributed by atoms with Gasteiger partial charge in [0.2, 0.25) is 10.0 Å². The lowest BCUT2D eigenvalue weighted by Crippen LogP contribution is -2.44. The van der Waals surface area contributed by atoms with Gasteiger partial charge >= 0.3 is 11.9 Å². The first-order valence-corrected chi connectivity index (χ1v) is 12.0. The van der Waals surface area contributed by atoms with Crippen LogP contribution in [0.15, 0.2) is 77.7 Å². The molecule has 1 atom stereocenters. The SMILES string of the molecule is CC(C)[C@@H](NS(=O)(=O)c1ccc(-c2ccc(OCc3cccc(C(=O)O)c3)cc2)cc1)C(=O)O. The van der Waals surface area contributed by atoms with Crippen molar-refractivity contribution in [2.75, 3.05) is 0 Å². The molecule has 0 unspecified atom stereocenters. The first-order valence-electron chi connectivity index (χ1n) is 10.5. The van der Waals surface area contributed by atoms with E-state index in [1.165, 1.54) is 18.2 Å². The van der Waals surface area contributed by atoms with Gasteiger partial charge in [-0.3, -0.25) is 4.79 Å². The number of carboxylic acid groups (broad SMARTS) is 2. The summed E-state index contributed by atoms with van der Waals surface area (Å²) in [5.41, 5.74) is 2.54. The second-order valence-electron chi connectivity index (χ2n) is 8.02. The van der Waals surface area contributed by atoms with Crippen LogP contribution in [0.3, 0.4) is 0 Å². The van der Waals surface area contributed by atoms with Crippen LogP contribution in [0.1, 0.15) is 29.8 Å². The van der Waals surface area contributed by atoms with E-state index in [1.807, 2.05) is 12.1 Å². The van der Waals surface area contributed by atoms with E-state index in [0.29, 0.717) is 5.75 Å². The van der Waals surface area contributed by atoms with Crippen LogP contribution in [0.5, 0.6) is 5.75 Å². The highest BCUT2D eigenvalue weighted by Crippen LogP contribution is 2.25. The second kappa shape index (κ2) is 10.5. The third-order valence-electron chi connectivity index (χ3n) is 5.15. The molecule has 0 heterocycles. The Morgan fingerprint density at radius 1 is 0.912 bits per heavy atom. The molecule has 0 saturated carbocycles. The Labute approximate surface area is 197 Å². The number of hydrogen-bond donors (Lipinski definition) is 3. The molecule has 0 spiro atoms. The van der Waals surface area contributed by atoms with Crippen LogP contribution in [0.2, 0.25) is 0 Å². The van der Waals surface area contributed by atoms with E-state index >= 15 is 0 Å². The molecule has 3 N–H and O–H groups in total. The van der Waals surface area contributed by atoms with Crippen molar-refractivity contribution in [2.24, 2.45) is 5.92 Å². The second-order valence-corrected chi connectivity index (χ2v) is 9.74. The lowest BCUT2D eigenvalue weighted by atomic mass is 10.1. The standard InChI is InChI=1S/C25H25NO7S/c1-16(2)23(25(29)30)26-34(31,32)22-12-8-19(9-13-22)18-6-10-21(11-7-18)33-15-17-4-3-5-20(14-17)24(27)28/h3-14,16,23,26H,15H2,1-2H3,(H,27,28)(H,29,30)/t23-/m1/s1. The van der Waals surface area contributed by atoms with Crippen LogP contribution in [0.25, 0.3) is 11.1 Å². The number of sulfonamides is 1. The van der Waals surface area contributed by atoms with Gasteiger partial charge in [-0.1, -0.05) is 50.2 Å². The van der Waals surface area contributed by atoms with Crippen molar-refractivity contribution in [3.05, 3.63) is 83.9 Å². The van der Waals surface area contributed by atoms with Crippen molar-refractivity contribution in [3.63, 3.8) is 0 Å². The lowest BCUT2D eigenvalue weighted by molar-refractivity contribution is -0.140. The average molecular weight is 484 g/mol. The smallest absolute Gasteiger partial charge is 0.335 e. The summed E-state index contributed by atoms with van der Waals surface area (Å²) in [5, 5.41) is 18.3. The normalized spacial score (nSPS) is 12.3. The minimum atomic E-state index is -3.99. The Kier molecular flexibility index (Phi) is 7.70. The van der Waals surface area contributed by atoms with Crippen molar-refractivity contribution < 1.29 is 33.0 Å². The molecule has 8 nitrogen and oxygen atoms in total. The monoisotopic (exact) mass is 483 g/mol. The topological polar surface area (TPSA) is 130 Å². The van der Waals surface area contributed by atoms with E-state index < -0.39 is 33.9 Å². The fourth-order valence-electron chi connectivity index (χ4n) is 3.24. The molecule has 9 heteroatoms. The molecule has 0 aliphatic rings. The molecule has 0 aliphatic heterocycles. The maximum atomic E-state index is 12.6. The molecule has 0 saturated heterocycles. The number of ether oxygens (including phenoxy) is 1. The van der Waals surface area contributed by atoms with Crippen molar-refractivity contribution in [1.82, 2.24) is 4.72 Å². The van der Waals surface area contributed by atoms with Crippen molar-refractivity contribution >= 4 is 22.0 Å². The maximum absolute atomic E-state index is 12.6. The molecule has 178 valence electrons. The minimum Gasteiger partial charge on any atom is -0.489 e. The van der Waals surface area contributed by atoms with Gasteiger partial charge in [0.25, 0.3) is 0 Å². The Morgan fingerprint density at radius 3 is 2.03 bits per heavy atom. The van der Waals surface area contributed by atoms with Crippen molar-refractivity contribution in [1.29, 1.82) is 0 Å².